The number of rotatable bonds is 1. The van der Waals surface area contributed by atoms with Crippen LogP contribution in [0, 0.1) is 6.92 Å². The van der Waals surface area contributed by atoms with Crippen LogP contribution in [-0.4, -0.2) is 34.2 Å². The molecule has 1 aliphatic rings. The van der Waals surface area contributed by atoms with E-state index in [-0.39, 0.29) is 12.0 Å². The predicted molar refractivity (Wildman–Crippen MR) is 58.1 cm³/mol. The average Bonchev–Trinajstić information content (AvgIpc) is 2.56. The van der Waals surface area contributed by atoms with Crippen molar-refractivity contribution < 1.29 is 9.32 Å². The molecule has 2 rings (SSSR count). The Kier molecular flexibility index (Phi) is 3.38. The van der Waals surface area contributed by atoms with Crippen LogP contribution in [0.4, 0.5) is 10.8 Å². The number of hydrogen-bond acceptors (Lipinski definition) is 4. The molecule has 0 bridgehead atoms. The molecule has 1 N–H and O–H groups in total. The van der Waals surface area contributed by atoms with Crippen molar-refractivity contribution in [3.05, 3.63) is 5.82 Å². The molecule has 6 nitrogen and oxygen atoms in total. The molecule has 6 heteroatoms. The summed E-state index contributed by atoms with van der Waals surface area (Å²) in [5.41, 5.74) is 0. The topological polar surface area (TPSA) is 71.3 Å². The first-order valence-corrected chi connectivity index (χ1v) is 5.62. The van der Waals surface area contributed by atoms with E-state index in [1.807, 2.05) is 0 Å². The minimum atomic E-state index is -0.148. The van der Waals surface area contributed by atoms with Crippen molar-refractivity contribution in [3.63, 3.8) is 0 Å². The molecule has 16 heavy (non-hydrogen) atoms. The van der Waals surface area contributed by atoms with Gasteiger partial charge in [0.1, 0.15) is 0 Å². The van der Waals surface area contributed by atoms with Crippen LogP contribution in [0.1, 0.15) is 31.5 Å². The van der Waals surface area contributed by atoms with Crippen molar-refractivity contribution in [1.82, 2.24) is 15.0 Å². The van der Waals surface area contributed by atoms with E-state index in [1.54, 1.807) is 11.8 Å². The minimum Gasteiger partial charge on any atom is -0.324 e. The van der Waals surface area contributed by atoms with Crippen LogP contribution >= 0.6 is 0 Å². The summed E-state index contributed by atoms with van der Waals surface area (Å²) in [6.45, 7) is 3.32. The number of nitrogens with one attached hydrogen (secondary N) is 1. The van der Waals surface area contributed by atoms with Gasteiger partial charge in [0.2, 0.25) is 0 Å². The lowest BCUT2D eigenvalue weighted by molar-refractivity contribution is 0.212. The monoisotopic (exact) mass is 224 g/mol. The Morgan fingerprint density at radius 2 is 2.00 bits per heavy atom. The minimum absolute atomic E-state index is 0.148. The fourth-order valence-corrected chi connectivity index (χ4v) is 1.79. The SMILES string of the molecule is Cc1noc(NC(=O)N2CCCCCC2)n1. The van der Waals surface area contributed by atoms with Crippen LogP contribution < -0.4 is 5.32 Å². The average molecular weight is 224 g/mol. The maximum Gasteiger partial charge on any atom is 0.329 e. The Bertz CT molecular complexity index is 355. The van der Waals surface area contributed by atoms with Crippen molar-refractivity contribution in [1.29, 1.82) is 0 Å². The normalized spacial score (nSPS) is 16.9. The smallest absolute Gasteiger partial charge is 0.324 e. The number of nitrogens with zero attached hydrogens (tertiary/aromatic N) is 3. The zero-order chi connectivity index (χ0) is 11.4. The quantitative estimate of drug-likeness (QED) is 0.789. The molecular formula is C10H16N4O2. The number of hydrogen-bond donors (Lipinski definition) is 1. The van der Waals surface area contributed by atoms with Gasteiger partial charge in [-0.05, 0) is 19.8 Å². The highest BCUT2D eigenvalue weighted by atomic mass is 16.5. The first-order valence-electron chi connectivity index (χ1n) is 5.62. The molecule has 1 saturated heterocycles. The second kappa shape index (κ2) is 4.96. The second-order valence-corrected chi connectivity index (χ2v) is 3.98. The number of carbonyl (C=O) groups excluding carboxylic acids is 1. The number of amides is 2. The van der Waals surface area contributed by atoms with Gasteiger partial charge in [-0.1, -0.05) is 18.0 Å². The van der Waals surface area contributed by atoms with Gasteiger partial charge in [0, 0.05) is 13.1 Å². The van der Waals surface area contributed by atoms with E-state index >= 15 is 0 Å². The zero-order valence-electron chi connectivity index (χ0n) is 9.40. The third-order valence-electron chi connectivity index (χ3n) is 2.63. The molecule has 1 fully saturated rings. The van der Waals surface area contributed by atoms with Gasteiger partial charge in [0.25, 0.3) is 0 Å². The van der Waals surface area contributed by atoms with Gasteiger partial charge in [-0.25, -0.2) is 4.79 Å². The van der Waals surface area contributed by atoms with Crippen LogP contribution in [0.25, 0.3) is 0 Å². The highest BCUT2D eigenvalue weighted by Gasteiger charge is 2.17. The molecule has 0 aliphatic carbocycles. The lowest BCUT2D eigenvalue weighted by Crippen LogP contribution is -2.35. The Morgan fingerprint density at radius 1 is 1.31 bits per heavy atom. The predicted octanol–water partition coefficient (Wildman–Crippen LogP) is 1.79. The Hall–Kier alpha value is -1.59. The van der Waals surface area contributed by atoms with Crippen LogP contribution in [0.15, 0.2) is 4.52 Å². The summed E-state index contributed by atoms with van der Waals surface area (Å²) in [6.07, 6.45) is 4.53. The molecule has 2 heterocycles. The standard InChI is InChI=1S/C10H16N4O2/c1-8-11-9(16-13-8)12-10(15)14-6-4-2-3-5-7-14/h2-7H2,1H3,(H,11,12,13,15). The van der Waals surface area contributed by atoms with Crippen LogP contribution in [-0.2, 0) is 0 Å². The van der Waals surface area contributed by atoms with Crippen molar-refractivity contribution in [3.8, 4) is 0 Å². The van der Waals surface area contributed by atoms with Crippen LogP contribution in [0.2, 0.25) is 0 Å². The first kappa shape index (κ1) is 10.9. The molecular weight excluding hydrogens is 208 g/mol. The zero-order valence-corrected chi connectivity index (χ0v) is 9.40. The number of urea groups is 1. The third kappa shape index (κ3) is 2.71. The molecule has 0 unspecified atom stereocenters. The fraction of sp³-hybridized carbons (Fsp3) is 0.700. The molecule has 88 valence electrons. The van der Waals surface area contributed by atoms with Crippen molar-refractivity contribution in [2.45, 2.75) is 32.6 Å². The van der Waals surface area contributed by atoms with Gasteiger partial charge >= 0.3 is 12.0 Å². The molecule has 1 aliphatic heterocycles. The number of anilines is 1. The van der Waals surface area contributed by atoms with E-state index in [2.05, 4.69) is 15.5 Å². The van der Waals surface area contributed by atoms with Gasteiger partial charge in [-0.2, -0.15) is 4.98 Å². The second-order valence-electron chi connectivity index (χ2n) is 3.98. The highest BCUT2D eigenvalue weighted by Crippen LogP contribution is 2.11. The van der Waals surface area contributed by atoms with Crippen molar-refractivity contribution in [2.24, 2.45) is 0 Å². The van der Waals surface area contributed by atoms with E-state index in [1.165, 1.54) is 12.8 Å². The Balaban J connectivity index is 1.91. The molecule has 1 aromatic heterocycles. The Labute approximate surface area is 94.0 Å². The van der Waals surface area contributed by atoms with Crippen molar-refractivity contribution in [2.75, 3.05) is 18.4 Å². The van der Waals surface area contributed by atoms with E-state index < -0.39 is 0 Å². The van der Waals surface area contributed by atoms with Crippen LogP contribution in [0.5, 0.6) is 0 Å². The van der Waals surface area contributed by atoms with E-state index in [4.69, 9.17) is 4.52 Å². The largest absolute Gasteiger partial charge is 0.329 e. The molecule has 0 aromatic carbocycles. The lowest BCUT2D eigenvalue weighted by atomic mass is 10.2. The summed E-state index contributed by atoms with van der Waals surface area (Å²) >= 11 is 0. The summed E-state index contributed by atoms with van der Waals surface area (Å²) in [4.78, 5) is 17.5. The fourth-order valence-electron chi connectivity index (χ4n) is 1.79. The number of aryl methyl sites for hydroxylation is 1. The molecule has 0 atom stereocenters. The number of likely N-dealkylation sites (tertiary alicyclic amines) is 1. The summed E-state index contributed by atoms with van der Waals surface area (Å²) in [5.74, 6) is 0.520. The third-order valence-corrected chi connectivity index (χ3v) is 2.63. The molecule has 0 radical (unpaired) electrons. The summed E-state index contributed by atoms with van der Waals surface area (Å²) < 4.78 is 4.84. The van der Waals surface area contributed by atoms with Gasteiger partial charge in [0.15, 0.2) is 5.82 Å². The lowest BCUT2D eigenvalue weighted by Gasteiger charge is -2.19. The maximum atomic E-state index is 11.8. The number of aromatic nitrogens is 2. The first-order chi connectivity index (χ1) is 7.75. The summed E-state index contributed by atoms with van der Waals surface area (Å²) in [5, 5.41) is 6.22. The van der Waals surface area contributed by atoms with Gasteiger partial charge in [0.05, 0.1) is 0 Å². The summed E-state index contributed by atoms with van der Waals surface area (Å²) in [7, 11) is 0. The van der Waals surface area contributed by atoms with E-state index in [9.17, 15) is 4.79 Å². The molecule has 1 aromatic rings. The van der Waals surface area contributed by atoms with E-state index in [0.29, 0.717) is 5.82 Å². The van der Waals surface area contributed by atoms with Crippen molar-refractivity contribution >= 4 is 12.0 Å². The molecule has 2 amide bonds. The molecule has 0 spiro atoms. The highest BCUT2D eigenvalue weighted by molar-refractivity contribution is 5.87. The Morgan fingerprint density at radius 3 is 2.56 bits per heavy atom. The summed E-state index contributed by atoms with van der Waals surface area (Å²) in [6, 6.07) is 0.0253. The molecule has 0 saturated carbocycles. The van der Waals surface area contributed by atoms with Crippen LogP contribution in [0.3, 0.4) is 0 Å². The van der Waals surface area contributed by atoms with Gasteiger partial charge < -0.3 is 9.42 Å². The number of carbonyl (C=O) groups is 1. The van der Waals surface area contributed by atoms with E-state index in [0.717, 1.165) is 25.9 Å². The van der Waals surface area contributed by atoms with Gasteiger partial charge in [-0.15, -0.1) is 0 Å². The van der Waals surface area contributed by atoms with Gasteiger partial charge in [-0.3, -0.25) is 5.32 Å². The maximum absolute atomic E-state index is 11.8.